The molecule has 0 aromatic heterocycles. The molecule has 3 aromatic rings. The zero-order valence-corrected chi connectivity index (χ0v) is 14.8. The fraction of sp³-hybridized carbons (Fsp3) is 0.0455. The molecule has 1 aliphatic rings. The van der Waals surface area contributed by atoms with Gasteiger partial charge in [0.2, 0.25) is 0 Å². The molecule has 4 rings (SSSR count). The summed E-state index contributed by atoms with van der Waals surface area (Å²) in [4.78, 5) is 0. The van der Waals surface area contributed by atoms with Crippen molar-refractivity contribution >= 4 is 28.2 Å². The molecule has 0 N–H and O–H groups in total. The summed E-state index contributed by atoms with van der Waals surface area (Å²) < 4.78 is 0. The molecule has 3 heteroatoms. The highest BCUT2D eigenvalue weighted by Crippen LogP contribution is 2.34. The largest absolute Gasteiger partial charge is 0.232 e. The predicted octanol–water partition coefficient (Wildman–Crippen LogP) is 5.91. The maximum absolute atomic E-state index is 4.95. The number of nitrogens with zero attached hydrogens (tertiary/aromatic N) is 2. The van der Waals surface area contributed by atoms with Crippen LogP contribution in [0.25, 0.3) is 5.70 Å². The molecule has 1 aliphatic heterocycles. The van der Waals surface area contributed by atoms with Crippen LogP contribution in [0.2, 0.25) is 0 Å². The zero-order valence-electron chi connectivity index (χ0n) is 14.0. The third-order valence-corrected chi connectivity index (χ3v) is 4.95. The number of hydrogen-bond acceptors (Lipinski definition) is 3. The Morgan fingerprint density at radius 3 is 2.04 bits per heavy atom. The number of hydrazone groups is 1. The molecule has 122 valence electrons. The summed E-state index contributed by atoms with van der Waals surface area (Å²) >= 11 is 1.67. The highest BCUT2D eigenvalue weighted by molar-refractivity contribution is 8.17. The maximum Gasteiger partial charge on any atom is 0.129 e. The van der Waals surface area contributed by atoms with E-state index in [9.17, 15) is 0 Å². The quantitative estimate of drug-likeness (QED) is 0.588. The van der Waals surface area contributed by atoms with Crippen LogP contribution >= 0.6 is 11.8 Å². The highest BCUT2D eigenvalue weighted by atomic mass is 32.2. The van der Waals surface area contributed by atoms with Crippen molar-refractivity contribution in [1.29, 1.82) is 0 Å². The van der Waals surface area contributed by atoms with Crippen LogP contribution in [0, 0.1) is 6.92 Å². The first kappa shape index (κ1) is 15.7. The van der Waals surface area contributed by atoms with Gasteiger partial charge in [0, 0.05) is 16.5 Å². The summed E-state index contributed by atoms with van der Waals surface area (Å²) in [5.74, 6) is 0. The van der Waals surface area contributed by atoms with Crippen LogP contribution in [0.1, 0.15) is 16.7 Å². The first-order valence-electron chi connectivity index (χ1n) is 8.24. The Morgan fingerprint density at radius 1 is 0.720 bits per heavy atom. The SMILES string of the molecule is Cc1ccc(C2=NN(c3ccccc3)C(c3ccccc3)=CS2)cc1. The normalized spacial score (nSPS) is 14.0. The van der Waals surface area contributed by atoms with Gasteiger partial charge in [-0.3, -0.25) is 0 Å². The van der Waals surface area contributed by atoms with E-state index >= 15 is 0 Å². The van der Waals surface area contributed by atoms with Crippen LogP contribution in [-0.4, -0.2) is 5.04 Å². The molecular formula is C22H18N2S. The van der Waals surface area contributed by atoms with Crippen LogP contribution < -0.4 is 5.01 Å². The van der Waals surface area contributed by atoms with Gasteiger partial charge in [0.1, 0.15) is 5.04 Å². The van der Waals surface area contributed by atoms with E-state index in [0.29, 0.717) is 0 Å². The smallest absolute Gasteiger partial charge is 0.129 e. The minimum atomic E-state index is 1.00. The molecule has 2 nitrogen and oxygen atoms in total. The summed E-state index contributed by atoms with van der Waals surface area (Å²) in [7, 11) is 0. The van der Waals surface area contributed by atoms with Gasteiger partial charge in [0.15, 0.2) is 0 Å². The minimum absolute atomic E-state index is 1.00. The van der Waals surface area contributed by atoms with Crippen LogP contribution in [-0.2, 0) is 0 Å². The van der Waals surface area contributed by atoms with Gasteiger partial charge in [-0.2, -0.15) is 5.10 Å². The summed E-state index contributed by atoms with van der Waals surface area (Å²) in [6, 6.07) is 29.2. The monoisotopic (exact) mass is 342 g/mol. The van der Waals surface area contributed by atoms with Crippen LogP contribution in [0.15, 0.2) is 95.4 Å². The van der Waals surface area contributed by atoms with E-state index in [1.807, 2.05) is 29.3 Å². The lowest BCUT2D eigenvalue weighted by Crippen LogP contribution is -2.20. The Morgan fingerprint density at radius 2 is 1.36 bits per heavy atom. The molecule has 25 heavy (non-hydrogen) atoms. The molecule has 0 atom stereocenters. The number of benzene rings is 3. The first-order valence-corrected chi connectivity index (χ1v) is 9.12. The van der Waals surface area contributed by atoms with Crippen molar-refractivity contribution in [2.45, 2.75) is 6.92 Å². The van der Waals surface area contributed by atoms with Crippen molar-refractivity contribution in [3.63, 3.8) is 0 Å². The van der Waals surface area contributed by atoms with Gasteiger partial charge >= 0.3 is 0 Å². The van der Waals surface area contributed by atoms with Gasteiger partial charge in [-0.1, -0.05) is 90.1 Å². The second kappa shape index (κ2) is 6.99. The number of thioether (sulfide) groups is 1. The third-order valence-electron chi connectivity index (χ3n) is 4.07. The maximum atomic E-state index is 4.95. The summed E-state index contributed by atoms with van der Waals surface area (Å²) in [5, 5.41) is 10.2. The molecule has 0 aliphatic carbocycles. The van der Waals surface area contributed by atoms with Crippen molar-refractivity contribution in [3.8, 4) is 0 Å². The lowest BCUT2D eigenvalue weighted by Gasteiger charge is -2.27. The fourth-order valence-electron chi connectivity index (χ4n) is 2.72. The predicted molar refractivity (Wildman–Crippen MR) is 109 cm³/mol. The van der Waals surface area contributed by atoms with Gasteiger partial charge in [-0.15, -0.1) is 0 Å². The van der Waals surface area contributed by atoms with Crippen molar-refractivity contribution in [1.82, 2.24) is 0 Å². The molecule has 0 saturated carbocycles. The summed E-state index contributed by atoms with van der Waals surface area (Å²) in [5.41, 5.74) is 5.70. The van der Waals surface area contributed by atoms with E-state index < -0.39 is 0 Å². The lowest BCUT2D eigenvalue weighted by molar-refractivity contribution is 1.10. The molecule has 0 radical (unpaired) electrons. The average molecular weight is 342 g/mol. The van der Waals surface area contributed by atoms with Gasteiger partial charge < -0.3 is 0 Å². The van der Waals surface area contributed by atoms with Gasteiger partial charge in [-0.05, 0) is 19.1 Å². The van der Waals surface area contributed by atoms with Gasteiger partial charge in [-0.25, -0.2) is 5.01 Å². The van der Waals surface area contributed by atoms with Crippen LogP contribution in [0.5, 0.6) is 0 Å². The molecule has 0 saturated heterocycles. The van der Waals surface area contributed by atoms with Crippen molar-refractivity contribution in [3.05, 3.63) is 107 Å². The molecule has 3 aromatic carbocycles. The second-order valence-electron chi connectivity index (χ2n) is 5.91. The highest BCUT2D eigenvalue weighted by Gasteiger charge is 2.20. The third kappa shape index (κ3) is 3.37. The number of hydrogen-bond donors (Lipinski definition) is 0. The van der Waals surface area contributed by atoms with E-state index in [1.54, 1.807) is 11.8 Å². The molecule has 0 spiro atoms. The molecular weight excluding hydrogens is 324 g/mol. The van der Waals surface area contributed by atoms with E-state index in [1.165, 1.54) is 5.56 Å². The topological polar surface area (TPSA) is 15.6 Å². The van der Waals surface area contributed by atoms with Crippen LogP contribution in [0.4, 0.5) is 5.69 Å². The van der Waals surface area contributed by atoms with E-state index in [0.717, 1.165) is 27.6 Å². The first-order chi connectivity index (χ1) is 12.3. The van der Waals surface area contributed by atoms with E-state index in [-0.39, 0.29) is 0 Å². The summed E-state index contributed by atoms with van der Waals surface area (Å²) in [6.07, 6.45) is 0. The van der Waals surface area contributed by atoms with Crippen molar-refractivity contribution in [2.24, 2.45) is 5.10 Å². The molecule has 0 bridgehead atoms. The Hall–Kier alpha value is -2.78. The van der Waals surface area contributed by atoms with Crippen molar-refractivity contribution in [2.75, 3.05) is 5.01 Å². The van der Waals surface area contributed by atoms with Gasteiger partial charge in [0.25, 0.3) is 0 Å². The molecule has 1 heterocycles. The Bertz CT molecular complexity index is 913. The summed E-state index contributed by atoms with van der Waals surface area (Å²) in [6.45, 7) is 2.10. The lowest BCUT2D eigenvalue weighted by atomic mass is 10.1. The number of rotatable bonds is 3. The van der Waals surface area contributed by atoms with Crippen molar-refractivity contribution < 1.29 is 0 Å². The Kier molecular flexibility index (Phi) is 4.40. The standard InChI is InChI=1S/C22H18N2S/c1-17-12-14-19(15-13-17)22-23-24(20-10-6-3-7-11-20)21(16-25-22)18-8-4-2-5-9-18/h2-16H,1H3. The molecule has 0 amide bonds. The second-order valence-corrected chi connectivity index (χ2v) is 6.76. The molecule has 0 fully saturated rings. The van der Waals surface area contributed by atoms with Crippen LogP contribution in [0.3, 0.4) is 0 Å². The Labute approximate surface area is 152 Å². The fourth-order valence-corrected chi connectivity index (χ4v) is 3.58. The minimum Gasteiger partial charge on any atom is -0.232 e. The zero-order chi connectivity index (χ0) is 17.1. The number of para-hydroxylation sites is 1. The van der Waals surface area contributed by atoms with E-state index in [2.05, 4.69) is 73.0 Å². The number of aryl methyl sites for hydroxylation is 1. The Balaban J connectivity index is 1.77. The molecule has 0 unspecified atom stereocenters. The average Bonchev–Trinajstić information content (AvgIpc) is 2.69. The van der Waals surface area contributed by atoms with E-state index in [4.69, 9.17) is 5.10 Å². The number of anilines is 1. The van der Waals surface area contributed by atoms with Gasteiger partial charge in [0.05, 0.1) is 11.4 Å².